The molecule has 132 valence electrons. The van der Waals surface area contributed by atoms with E-state index in [0.29, 0.717) is 18.0 Å². The molecule has 3 nitrogen and oxygen atoms in total. The summed E-state index contributed by atoms with van der Waals surface area (Å²) in [7, 11) is 0. The number of rotatable bonds is 2. The van der Waals surface area contributed by atoms with E-state index in [2.05, 4.69) is 59.8 Å². The predicted molar refractivity (Wildman–Crippen MR) is 103 cm³/mol. The predicted octanol–water partition coefficient (Wildman–Crippen LogP) is 4.88. The van der Waals surface area contributed by atoms with E-state index in [9.17, 15) is 9.90 Å². The summed E-state index contributed by atoms with van der Waals surface area (Å²) in [6.45, 7) is 15.3. The van der Waals surface area contributed by atoms with E-state index in [1.54, 1.807) is 11.8 Å². The molecule has 0 atom stereocenters. The highest BCUT2D eigenvalue weighted by Crippen LogP contribution is 2.41. The molecular formula is C20H29NO2S. The number of hydrogen-bond donors (Lipinski definition) is 1. The Morgan fingerprint density at radius 2 is 1.62 bits per heavy atom. The third-order valence-electron chi connectivity index (χ3n) is 4.27. The first-order chi connectivity index (χ1) is 10.9. The van der Waals surface area contributed by atoms with E-state index in [0.717, 1.165) is 21.7 Å². The molecule has 2 rings (SSSR count). The summed E-state index contributed by atoms with van der Waals surface area (Å²) in [5.74, 6) is 1.06. The van der Waals surface area contributed by atoms with E-state index >= 15 is 0 Å². The van der Waals surface area contributed by atoms with Crippen LogP contribution in [0.1, 0.15) is 65.2 Å². The van der Waals surface area contributed by atoms with Gasteiger partial charge in [-0.05, 0) is 41.5 Å². The van der Waals surface area contributed by atoms with E-state index in [1.165, 1.54) is 0 Å². The second-order valence-electron chi connectivity index (χ2n) is 8.37. The first-order valence-electron chi connectivity index (χ1n) is 8.48. The Morgan fingerprint density at radius 3 is 2.04 bits per heavy atom. The standard InChI is InChI=1S/C20H29NO2S/c1-8-21-16(22)12-24-17(21)11-13-9-14(19(2,3)4)18(23)15(10-13)20(5,6)7/h9-11,23H,8,12H2,1-7H3. The summed E-state index contributed by atoms with van der Waals surface area (Å²) in [6.07, 6.45) is 2.07. The summed E-state index contributed by atoms with van der Waals surface area (Å²) in [4.78, 5) is 13.8. The van der Waals surface area contributed by atoms with Gasteiger partial charge in [-0.1, -0.05) is 53.3 Å². The van der Waals surface area contributed by atoms with Crippen molar-refractivity contribution in [1.29, 1.82) is 0 Å². The number of benzene rings is 1. The fourth-order valence-electron chi connectivity index (χ4n) is 2.89. The highest BCUT2D eigenvalue weighted by molar-refractivity contribution is 8.04. The Kier molecular flexibility index (Phi) is 5.10. The fraction of sp³-hybridized carbons (Fsp3) is 0.550. The zero-order valence-corrected chi connectivity index (χ0v) is 16.7. The quantitative estimate of drug-likeness (QED) is 0.829. The second kappa shape index (κ2) is 6.47. The lowest BCUT2D eigenvalue weighted by atomic mass is 9.78. The molecule has 1 aromatic rings. The van der Waals surface area contributed by atoms with Crippen LogP contribution in [0.5, 0.6) is 5.75 Å². The van der Waals surface area contributed by atoms with Gasteiger partial charge < -0.3 is 10.0 Å². The van der Waals surface area contributed by atoms with Gasteiger partial charge in [0.05, 0.1) is 10.8 Å². The van der Waals surface area contributed by atoms with Crippen molar-refractivity contribution in [2.45, 2.75) is 59.3 Å². The van der Waals surface area contributed by atoms with Crippen LogP contribution >= 0.6 is 11.8 Å². The third kappa shape index (κ3) is 3.80. The molecule has 1 saturated heterocycles. The number of amides is 1. The maximum atomic E-state index is 11.9. The maximum absolute atomic E-state index is 11.9. The molecular weight excluding hydrogens is 318 g/mol. The van der Waals surface area contributed by atoms with Crippen molar-refractivity contribution in [2.75, 3.05) is 12.3 Å². The van der Waals surface area contributed by atoms with E-state index in [-0.39, 0.29) is 16.7 Å². The highest BCUT2D eigenvalue weighted by atomic mass is 32.2. The average Bonchev–Trinajstić information content (AvgIpc) is 2.78. The number of phenolic OH excluding ortho intramolecular Hbond substituents is 1. The summed E-state index contributed by atoms with van der Waals surface area (Å²) < 4.78 is 0. The van der Waals surface area contributed by atoms with Crippen molar-refractivity contribution >= 4 is 23.7 Å². The van der Waals surface area contributed by atoms with Crippen molar-refractivity contribution in [3.05, 3.63) is 33.9 Å². The molecule has 0 radical (unpaired) electrons. The maximum Gasteiger partial charge on any atom is 0.237 e. The number of nitrogens with zero attached hydrogens (tertiary/aromatic N) is 1. The topological polar surface area (TPSA) is 40.5 Å². The number of aromatic hydroxyl groups is 1. The molecule has 1 aromatic carbocycles. The first-order valence-corrected chi connectivity index (χ1v) is 9.46. The van der Waals surface area contributed by atoms with Crippen molar-refractivity contribution in [1.82, 2.24) is 4.90 Å². The van der Waals surface area contributed by atoms with Crippen LogP contribution in [0.25, 0.3) is 6.08 Å². The monoisotopic (exact) mass is 347 g/mol. The molecule has 0 unspecified atom stereocenters. The Morgan fingerprint density at radius 1 is 1.12 bits per heavy atom. The van der Waals surface area contributed by atoms with Crippen LogP contribution in [0.2, 0.25) is 0 Å². The van der Waals surface area contributed by atoms with Crippen LogP contribution in [0.3, 0.4) is 0 Å². The smallest absolute Gasteiger partial charge is 0.237 e. The molecule has 1 heterocycles. The van der Waals surface area contributed by atoms with Crippen LogP contribution < -0.4 is 0 Å². The molecule has 4 heteroatoms. The zero-order valence-electron chi connectivity index (χ0n) is 15.9. The van der Waals surface area contributed by atoms with Gasteiger partial charge in [-0.15, -0.1) is 0 Å². The Hall–Kier alpha value is -1.42. The van der Waals surface area contributed by atoms with E-state index < -0.39 is 0 Å². The van der Waals surface area contributed by atoms with Crippen LogP contribution in [0, 0.1) is 0 Å². The van der Waals surface area contributed by atoms with Gasteiger partial charge in [0.2, 0.25) is 5.91 Å². The molecule has 0 aliphatic carbocycles. The van der Waals surface area contributed by atoms with Crippen molar-refractivity contribution in [3.8, 4) is 5.75 Å². The Balaban J connectivity index is 2.61. The molecule has 24 heavy (non-hydrogen) atoms. The molecule has 1 aliphatic rings. The summed E-state index contributed by atoms with van der Waals surface area (Å²) in [6, 6.07) is 4.10. The molecule has 0 bridgehead atoms. The Labute approximate surface area is 150 Å². The minimum Gasteiger partial charge on any atom is -0.507 e. The van der Waals surface area contributed by atoms with Gasteiger partial charge in [0.25, 0.3) is 0 Å². The number of carbonyl (C=O) groups excluding carboxylic acids is 1. The van der Waals surface area contributed by atoms with Crippen molar-refractivity contribution in [3.63, 3.8) is 0 Å². The lowest BCUT2D eigenvalue weighted by molar-refractivity contribution is -0.125. The molecule has 0 saturated carbocycles. The SMILES string of the molecule is CCN1C(=O)CSC1=Cc1cc(C(C)(C)C)c(O)c(C(C)(C)C)c1. The molecule has 1 aliphatic heterocycles. The van der Waals surface area contributed by atoms with Crippen LogP contribution in [0.15, 0.2) is 17.2 Å². The molecule has 0 aromatic heterocycles. The van der Waals surface area contributed by atoms with Gasteiger partial charge in [0.15, 0.2) is 0 Å². The van der Waals surface area contributed by atoms with Gasteiger partial charge in [0, 0.05) is 17.7 Å². The minimum absolute atomic E-state index is 0.151. The van der Waals surface area contributed by atoms with Gasteiger partial charge in [-0.25, -0.2) is 0 Å². The summed E-state index contributed by atoms with van der Waals surface area (Å²) >= 11 is 1.58. The first kappa shape index (κ1) is 18.9. The third-order valence-corrected chi connectivity index (χ3v) is 5.29. The van der Waals surface area contributed by atoms with Gasteiger partial charge >= 0.3 is 0 Å². The van der Waals surface area contributed by atoms with E-state index in [4.69, 9.17) is 0 Å². The van der Waals surface area contributed by atoms with E-state index in [1.807, 2.05) is 11.8 Å². The zero-order chi connectivity index (χ0) is 18.3. The van der Waals surface area contributed by atoms with Gasteiger partial charge in [-0.2, -0.15) is 0 Å². The van der Waals surface area contributed by atoms with Gasteiger partial charge in [0.1, 0.15) is 5.75 Å². The molecule has 0 spiro atoms. The number of carbonyl (C=O) groups is 1. The largest absolute Gasteiger partial charge is 0.507 e. The summed E-state index contributed by atoms with van der Waals surface area (Å²) in [5, 5.41) is 11.8. The molecule has 1 fully saturated rings. The van der Waals surface area contributed by atoms with Crippen molar-refractivity contribution in [2.24, 2.45) is 0 Å². The van der Waals surface area contributed by atoms with Crippen LogP contribution in [-0.4, -0.2) is 28.2 Å². The summed E-state index contributed by atoms with van der Waals surface area (Å²) in [5.41, 5.74) is 2.63. The van der Waals surface area contributed by atoms with Crippen molar-refractivity contribution < 1.29 is 9.90 Å². The number of hydrogen-bond acceptors (Lipinski definition) is 3. The minimum atomic E-state index is -0.151. The number of phenols is 1. The lowest BCUT2D eigenvalue weighted by Gasteiger charge is -2.28. The molecule has 1 amide bonds. The van der Waals surface area contributed by atoms with Gasteiger partial charge in [-0.3, -0.25) is 4.79 Å². The highest BCUT2D eigenvalue weighted by Gasteiger charge is 2.28. The average molecular weight is 348 g/mol. The van der Waals surface area contributed by atoms with Crippen LogP contribution in [0.4, 0.5) is 0 Å². The molecule has 1 N–H and O–H groups in total. The fourth-order valence-corrected chi connectivity index (χ4v) is 3.93. The van der Waals surface area contributed by atoms with Crippen LogP contribution in [-0.2, 0) is 15.6 Å². The second-order valence-corrected chi connectivity index (χ2v) is 9.37. The normalized spacial score (nSPS) is 17.9. The lowest BCUT2D eigenvalue weighted by Crippen LogP contribution is -2.23. The Bertz CT molecular complexity index is 643. The number of thioether (sulfide) groups is 1.